The summed E-state index contributed by atoms with van der Waals surface area (Å²) in [5.41, 5.74) is 10.9. The molecule has 4 N–H and O–H groups in total. The number of nitrogens with two attached hydrogens (primary N) is 2. The van der Waals surface area contributed by atoms with E-state index >= 15 is 0 Å². The maximum absolute atomic E-state index is 10.7. The number of carbonyl (C=O) groups excluding carboxylic acids is 1. The van der Waals surface area contributed by atoms with E-state index in [1.165, 1.54) is 0 Å². The van der Waals surface area contributed by atoms with Crippen LogP contribution in [0, 0.1) is 5.41 Å². The Kier molecular flexibility index (Phi) is 5.08. The molecule has 0 spiro atoms. The molecule has 84 valence electrons. The Morgan fingerprint density at radius 3 is 2.29 bits per heavy atom. The van der Waals surface area contributed by atoms with Crippen molar-refractivity contribution in [1.82, 2.24) is 4.90 Å². The van der Waals surface area contributed by atoms with E-state index in [1.54, 1.807) is 0 Å². The minimum Gasteiger partial charge on any atom is -0.368 e. The van der Waals surface area contributed by atoms with Gasteiger partial charge in [-0.15, -0.1) is 0 Å². The Hall–Kier alpha value is -0.610. The van der Waals surface area contributed by atoms with Gasteiger partial charge in [-0.3, -0.25) is 4.79 Å². The van der Waals surface area contributed by atoms with Crippen molar-refractivity contribution < 1.29 is 4.79 Å². The molecule has 1 atom stereocenters. The lowest BCUT2D eigenvalue weighted by Crippen LogP contribution is -2.40. The van der Waals surface area contributed by atoms with Gasteiger partial charge < -0.3 is 16.4 Å². The number of hydrogen-bond acceptors (Lipinski definition) is 3. The summed E-state index contributed by atoms with van der Waals surface area (Å²) < 4.78 is 0. The maximum Gasteiger partial charge on any atom is 0.234 e. The van der Waals surface area contributed by atoms with Crippen LogP contribution in [0.15, 0.2) is 0 Å². The first-order valence-corrected chi connectivity index (χ1v) is 4.96. The third-order valence-electron chi connectivity index (χ3n) is 1.93. The molecule has 0 aliphatic heterocycles. The summed E-state index contributed by atoms with van der Waals surface area (Å²) in [6, 6.07) is -0.516. The molecule has 0 aliphatic rings. The monoisotopic (exact) mass is 201 g/mol. The molecule has 4 nitrogen and oxygen atoms in total. The highest BCUT2D eigenvalue weighted by molar-refractivity contribution is 5.79. The topological polar surface area (TPSA) is 72.3 Å². The second-order valence-electron chi connectivity index (χ2n) is 5.10. The summed E-state index contributed by atoms with van der Waals surface area (Å²) in [6.45, 7) is 8.33. The molecule has 0 radical (unpaired) electrons. The van der Waals surface area contributed by atoms with Crippen molar-refractivity contribution in [1.29, 1.82) is 0 Å². The minimum absolute atomic E-state index is 0.269. The second-order valence-corrected chi connectivity index (χ2v) is 5.10. The van der Waals surface area contributed by atoms with Gasteiger partial charge in [0, 0.05) is 6.54 Å². The van der Waals surface area contributed by atoms with Crippen LogP contribution in [0.3, 0.4) is 0 Å². The average Bonchev–Trinajstić information content (AvgIpc) is 1.96. The molecule has 0 saturated carbocycles. The van der Waals surface area contributed by atoms with Crippen LogP contribution in [0.2, 0.25) is 0 Å². The number of amides is 1. The van der Waals surface area contributed by atoms with Crippen molar-refractivity contribution in [3.8, 4) is 0 Å². The van der Waals surface area contributed by atoms with Gasteiger partial charge in [-0.05, 0) is 25.4 Å². The maximum atomic E-state index is 10.7. The fourth-order valence-electron chi connectivity index (χ4n) is 1.39. The van der Waals surface area contributed by atoms with E-state index in [0.29, 0.717) is 6.42 Å². The Morgan fingerprint density at radius 2 is 1.93 bits per heavy atom. The molecule has 0 bridgehead atoms. The fourth-order valence-corrected chi connectivity index (χ4v) is 1.39. The van der Waals surface area contributed by atoms with Gasteiger partial charge in [0.15, 0.2) is 0 Å². The van der Waals surface area contributed by atoms with Crippen molar-refractivity contribution in [2.24, 2.45) is 16.9 Å². The molecule has 4 heteroatoms. The predicted molar refractivity (Wildman–Crippen MR) is 58.7 cm³/mol. The first kappa shape index (κ1) is 13.4. The van der Waals surface area contributed by atoms with Crippen LogP contribution < -0.4 is 11.5 Å². The molecule has 0 aromatic carbocycles. The van der Waals surface area contributed by atoms with E-state index < -0.39 is 11.9 Å². The third-order valence-corrected chi connectivity index (χ3v) is 1.93. The molecular formula is C10H23N3O. The van der Waals surface area contributed by atoms with Gasteiger partial charge in [-0.1, -0.05) is 20.8 Å². The van der Waals surface area contributed by atoms with Crippen LogP contribution in [0.25, 0.3) is 0 Å². The average molecular weight is 201 g/mol. The highest BCUT2D eigenvalue weighted by Gasteiger charge is 2.15. The lowest BCUT2D eigenvalue weighted by molar-refractivity contribution is -0.119. The number of hydrogen-bond donors (Lipinski definition) is 2. The number of primary amides is 1. The third kappa shape index (κ3) is 6.86. The van der Waals surface area contributed by atoms with Gasteiger partial charge >= 0.3 is 0 Å². The zero-order chi connectivity index (χ0) is 11.4. The quantitative estimate of drug-likeness (QED) is 0.666. The molecule has 0 rings (SSSR count). The standard InChI is InChI=1S/C10H23N3O/c1-10(2,3)7-13(4)6-5-8(11)9(12)14/h8H,5-7,11H2,1-4H3,(H2,12,14). The Labute approximate surface area is 86.6 Å². The first-order valence-electron chi connectivity index (χ1n) is 4.96. The molecule has 0 heterocycles. The van der Waals surface area contributed by atoms with E-state index in [1.807, 2.05) is 7.05 Å². The zero-order valence-electron chi connectivity index (χ0n) is 9.71. The van der Waals surface area contributed by atoms with Crippen molar-refractivity contribution in [2.75, 3.05) is 20.1 Å². The zero-order valence-corrected chi connectivity index (χ0v) is 9.71. The van der Waals surface area contributed by atoms with E-state index in [-0.39, 0.29) is 5.41 Å². The van der Waals surface area contributed by atoms with Crippen LogP contribution in [0.4, 0.5) is 0 Å². The van der Waals surface area contributed by atoms with Gasteiger partial charge in [0.1, 0.15) is 0 Å². The number of rotatable bonds is 5. The van der Waals surface area contributed by atoms with E-state index in [0.717, 1.165) is 13.1 Å². The van der Waals surface area contributed by atoms with Crippen LogP contribution in [0.1, 0.15) is 27.2 Å². The summed E-state index contributed by atoms with van der Waals surface area (Å²) in [7, 11) is 2.03. The molecule has 0 fully saturated rings. The van der Waals surface area contributed by atoms with Crippen LogP contribution in [-0.2, 0) is 4.79 Å². The van der Waals surface area contributed by atoms with Gasteiger partial charge in [0.05, 0.1) is 6.04 Å². The molecule has 0 saturated heterocycles. The lowest BCUT2D eigenvalue weighted by atomic mass is 9.96. The highest BCUT2D eigenvalue weighted by atomic mass is 16.1. The van der Waals surface area contributed by atoms with Gasteiger partial charge in [-0.2, -0.15) is 0 Å². The Morgan fingerprint density at radius 1 is 1.43 bits per heavy atom. The van der Waals surface area contributed by atoms with Crippen LogP contribution >= 0.6 is 0 Å². The molecule has 0 aromatic heterocycles. The van der Waals surface area contributed by atoms with Gasteiger partial charge in [-0.25, -0.2) is 0 Å². The number of carbonyl (C=O) groups is 1. The predicted octanol–water partition coefficient (Wildman–Crippen LogP) is 0.167. The van der Waals surface area contributed by atoms with Crippen molar-refractivity contribution in [3.63, 3.8) is 0 Å². The second kappa shape index (κ2) is 5.32. The van der Waals surface area contributed by atoms with Crippen molar-refractivity contribution >= 4 is 5.91 Å². The summed E-state index contributed by atoms with van der Waals surface area (Å²) >= 11 is 0. The summed E-state index contributed by atoms with van der Waals surface area (Å²) in [5, 5.41) is 0. The van der Waals surface area contributed by atoms with E-state index in [9.17, 15) is 4.79 Å². The molecule has 14 heavy (non-hydrogen) atoms. The van der Waals surface area contributed by atoms with Crippen molar-refractivity contribution in [3.05, 3.63) is 0 Å². The molecule has 1 unspecified atom stereocenters. The van der Waals surface area contributed by atoms with E-state index in [2.05, 4.69) is 25.7 Å². The van der Waals surface area contributed by atoms with E-state index in [4.69, 9.17) is 11.5 Å². The fraction of sp³-hybridized carbons (Fsp3) is 0.900. The Balaban J connectivity index is 3.74. The minimum atomic E-state index is -0.516. The molecule has 0 aliphatic carbocycles. The lowest BCUT2D eigenvalue weighted by Gasteiger charge is -2.26. The normalized spacial score (nSPS) is 14.4. The van der Waals surface area contributed by atoms with Gasteiger partial charge in [0.25, 0.3) is 0 Å². The first-order chi connectivity index (χ1) is 6.22. The van der Waals surface area contributed by atoms with Gasteiger partial charge in [0.2, 0.25) is 5.91 Å². The largest absolute Gasteiger partial charge is 0.368 e. The number of nitrogens with zero attached hydrogens (tertiary/aromatic N) is 1. The summed E-state index contributed by atoms with van der Waals surface area (Å²) in [6.07, 6.45) is 0.627. The Bertz CT molecular complexity index is 186. The van der Waals surface area contributed by atoms with Crippen LogP contribution in [0.5, 0.6) is 0 Å². The van der Waals surface area contributed by atoms with Crippen molar-refractivity contribution in [2.45, 2.75) is 33.2 Å². The summed E-state index contributed by atoms with van der Waals surface area (Å²) in [4.78, 5) is 12.8. The molecule has 1 amide bonds. The molecule has 0 aromatic rings. The molecular weight excluding hydrogens is 178 g/mol. The highest BCUT2D eigenvalue weighted by Crippen LogP contribution is 2.14. The smallest absolute Gasteiger partial charge is 0.234 e. The van der Waals surface area contributed by atoms with Crippen LogP contribution in [-0.4, -0.2) is 37.0 Å². The summed E-state index contributed by atoms with van der Waals surface area (Å²) in [5.74, 6) is -0.422. The SMILES string of the molecule is CN(CCC(N)C(N)=O)CC(C)(C)C.